The van der Waals surface area contributed by atoms with Gasteiger partial charge in [-0.15, -0.1) is 0 Å². The van der Waals surface area contributed by atoms with Crippen LogP contribution in [0.4, 0.5) is 8.78 Å². The molecule has 0 unspecified atom stereocenters. The Balaban J connectivity index is 2.55. The lowest BCUT2D eigenvalue weighted by Gasteiger charge is -2.09. The maximum Gasteiger partial charge on any atom is 0.162 e. The van der Waals surface area contributed by atoms with E-state index in [1.165, 1.54) is 0 Å². The van der Waals surface area contributed by atoms with Gasteiger partial charge in [-0.3, -0.25) is 0 Å². The Kier molecular flexibility index (Phi) is 4.45. The molecule has 0 amide bonds. The number of ether oxygens (including phenoxy) is 1. The molecule has 0 aromatic heterocycles. The van der Waals surface area contributed by atoms with Crippen LogP contribution in [0.1, 0.15) is 12.0 Å². The summed E-state index contributed by atoms with van der Waals surface area (Å²) < 4.78 is 52.6. The molecule has 0 bridgehead atoms. The van der Waals surface area contributed by atoms with Crippen molar-refractivity contribution < 1.29 is 21.9 Å². The first kappa shape index (κ1) is 13.9. The smallest absolute Gasteiger partial charge is 0.162 e. The standard InChI is InChI=1S/C11H14F2O3S/c1-8-6-9(12)10(13)7-11(8)16-4-3-5-17(2,14)15/h6-7H,3-5H2,1-2H3. The van der Waals surface area contributed by atoms with Gasteiger partial charge in [0.1, 0.15) is 15.6 Å². The minimum Gasteiger partial charge on any atom is -0.493 e. The van der Waals surface area contributed by atoms with Crippen molar-refractivity contribution in [3.63, 3.8) is 0 Å². The lowest BCUT2D eigenvalue weighted by Crippen LogP contribution is -2.08. The van der Waals surface area contributed by atoms with Crippen LogP contribution >= 0.6 is 0 Å². The van der Waals surface area contributed by atoms with Gasteiger partial charge in [-0.1, -0.05) is 0 Å². The van der Waals surface area contributed by atoms with Crippen molar-refractivity contribution in [2.45, 2.75) is 13.3 Å². The third kappa shape index (κ3) is 4.68. The Labute approximate surface area is 99.3 Å². The number of hydrogen-bond donors (Lipinski definition) is 0. The molecule has 0 spiro atoms. The predicted octanol–water partition coefficient (Wildman–Crippen LogP) is 2.09. The summed E-state index contributed by atoms with van der Waals surface area (Å²) in [5.41, 5.74) is 0.475. The third-order valence-electron chi connectivity index (χ3n) is 2.13. The van der Waals surface area contributed by atoms with Gasteiger partial charge in [-0.2, -0.15) is 0 Å². The fraction of sp³-hybridized carbons (Fsp3) is 0.455. The number of rotatable bonds is 5. The molecule has 0 atom stereocenters. The van der Waals surface area contributed by atoms with Crippen LogP contribution in [0.15, 0.2) is 12.1 Å². The average Bonchev–Trinajstić information content (AvgIpc) is 2.18. The highest BCUT2D eigenvalue weighted by Gasteiger charge is 2.08. The molecule has 0 radical (unpaired) electrons. The van der Waals surface area contributed by atoms with Gasteiger partial charge in [0.25, 0.3) is 0 Å². The lowest BCUT2D eigenvalue weighted by atomic mass is 10.2. The Hall–Kier alpha value is -1.17. The second-order valence-corrected chi connectivity index (χ2v) is 6.12. The zero-order valence-electron chi connectivity index (χ0n) is 9.66. The van der Waals surface area contributed by atoms with Crippen molar-refractivity contribution in [1.29, 1.82) is 0 Å². The first-order valence-corrected chi connectivity index (χ1v) is 7.12. The molecule has 0 aliphatic carbocycles. The van der Waals surface area contributed by atoms with Gasteiger partial charge >= 0.3 is 0 Å². The molecule has 0 aliphatic heterocycles. The highest BCUT2D eigenvalue weighted by atomic mass is 32.2. The molecule has 3 nitrogen and oxygen atoms in total. The topological polar surface area (TPSA) is 43.4 Å². The van der Waals surface area contributed by atoms with Crippen molar-refractivity contribution >= 4 is 9.84 Å². The van der Waals surface area contributed by atoms with Gasteiger partial charge in [0, 0.05) is 12.3 Å². The van der Waals surface area contributed by atoms with Crippen LogP contribution < -0.4 is 4.74 Å². The van der Waals surface area contributed by atoms with Gasteiger partial charge in [0.15, 0.2) is 11.6 Å². The van der Waals surface area contributed by atoms with Crippen LogP contribution in [0.25, 0.3) is 0 Å². The molecule has 1 rings (SSSR count). The van der Waals surface area contributed by atoms with Crippen molar-refractivity contribution in [2.75, 3.05) is 18.6 Å². The summed E-state index contributed by atoms with van der Waals surface area (Å²) in [6.07, 6.45) is 1.45. The molecule has 0 aliphatic rings. The number of benzene rings is 1. The van der Waals surface area contributed by atoms with E-state index in [1.807, 2.05) is 0 Å². The summed E-state index contributed by atoms with van der Waals surface area (Å²) in [5.74, 6) is -1.66. The van der Waals surface area contributed by atoms with Crippen molar-refractivity contribution in [1.82, 2.24) is 0 Å². The zero-order chi connectivity index (χ0) is 13.1. The first-order valence-electron chi connectivity index (χ1n) is 5.06. The second kappa shape index (κ2) is 5.44. The van der Waals surface area contributed by atoms with Gasteiger partial charge in [-0.05, 0) is 25.0 Å². The second-order valence-electron chi connectivity index (χ2n) is 3.86. The van der Waals surface area contributed by atoms with E-state index >= 15 is 0 Å². The van der Waals surface area contributed by atoms with Crippen molar-refractivity contribution in [2.24, 2.45) is 0 Å². The Bertz CT molecular complexity index is 498. The van der Waals surface area contributed by atoms with E-state index in [-0.39, 0.29) is 18.1 Å². The number of aryl methyl sites for hydroxylation is 1. The highest BCUT2D eigenvalue weighted by molar-refractivity contribution is 7.90. The molecule has 17 heavy (non-hydrogen) atoms. The van der Waals surface area contributed by atoms with E-state index in [0.29, 0.717) is 12.0 Å². The SMILES string of the molecule is Cc1cc(F)c(F)cc1OCCCS(C)(=O)=O. The fourth-order valence-corrected chi connectivity index (χ4v) is 1.93. The molecule has 1 aromatic rings. The largest absolute Gasteiger partial charge is 0.493 e. The van der Waals surface area contributed by atoms with E-state index < -0.39 is 21.5 Å². The number of sulfone groups is 1. The van der Waals surface area contributed by atoms with Crippen LogP contribution in [0.5, 0.6) is 5.75 Å². The van der Waals surface area contributed by atoms with Gasteiger partial charge in [0.2, 0.25) is 0 Å². The molecule has 6 heteroatoms. The average molecular weight is 264 g/mol. The minimum absolute atomic E-state index is 0.00965. The van der Waals surface area contributed by atoms with Crippen molar-refractivity contribution in [3.05, 3.63) is 29.3 Å². The van der Waals surface area contributed by atoms with Crippen LogP contribution in [0.2, 0.25) is 0 Å². The van der Waals surface area contributed by atoms with E-state index in [4.69, 9.17) is 4.74 Å². The number of halogens is 2. The van der Waals surface area contributed by atoms with Crippen LogP contribution in [-0.4, -0.2) is 27.0 Å². The maximum atomic E-state index is 12.9. The summed E-state index contributed by atoms with van der Waals surface area (Å²) in [6, 6.07) is 2.01. The Morgan fingerprint density at radius 2 is 1.82 bits per heavy atom. The minimum atomic E-state index is -3.02. The molecular weight excluding hydrogens is 250 g/mol. The normalized spacial score (nSPS) is 11.5. The van der Waals surface area contributed by atoms with Crippen LogP contribution in [0, 0.1) is 18.6 Å². The lowest BCUT2D eigenvalue weighted by molar-refractivity contribution is 0.312. The van der Waals surface area contributed by atoms with Crippen molar-refractivity contribution in [3.8, 4) is 5.75 Å². The van der Waals surface area contributed by atoms with E-state index in [1.54, 1.807) is 6.92 Å². The monoisotopic (exact) mass is 264 g/mol. The van der Waals surface area contributed by atoms with Gasteiger partial charge in [-0.25, -0.2) is 17.2 Å². The van der Waals surface area contributed by atoms with Gasteiger partial charge in [0.05, 0.1) is 12.4 Å². The first-order chi connectivity index (χ1) is 7.79. The molecular formula is C11H14F2O3S. The molecule has 0 fully saturated rings. The van der Waals surface area contributed by atoms with E-state index in [9.17, 15) is 17.2 Å². The van der Waals surface area contributed by atoms with Crippen LogP contribution in [-0.2, 0) is 9.84 Å². The maximum absolute atomic E-state index is 12.9. The molecule has 96 valence electrons. The Morgan fingerprint density at radius 3 is 2.41 bits per heavy atom. The quantitative estimate of drug-likeness (QED) is 0.765. The summed E-state index contributed by atoms with van der Waals surface area (Å²) in [6.45, 7) is 1.74. The van der Waals surface area contributed by atoms with Crippen LogP contribution in [0.3, 0.4) is 0 Å². The molecule has 0 saturated carbocycles. The molecule has 1 aromatic carbocycles. The predicted molar refractivity (Wildman–Crippen MR) is 60.9 cm³/mol. The van der Waals surface area contributed by atoms with E-state index in [0.717, 1.165) is 18.4 Å². The molecule has 0 N–H and O–H groups in total. The van der Waals surface area contributed by atoms with E-state index in [2.05, 4.69) is 0 Å². The molecule has 0 saturated heterocycles. The third-order valence-corrected chi connectivity index (χ3v) is 3.17. The fourth-order valence-electron chi connectivity index (χ4n) is 1.29. The Morgan fingerprint density at radius 1 is 1.24 bits per heavy atom. The number of hydrogen-bond acceptors (Lipinski definition) is 3. The summed E-state index contributed by atoms with van der Waals surface area (Å²) in [5, 5.41) is 0. The summed E-state index contributed by atoms with van der Waals surface area (Å²) in [4.78, 5) is 0. The summed E-state index contributed by atoms with van der Waals surface area (Å²) >= 11 is 0. The molecule has 0 heterocycles. The summed E-state index contributed by atoms with van der Waals surface area (Å²) in [7, 11) is -3.02. The van der Waals surface area contributed by atoms with Gasteiger partial charge < -0.3 is 4.74 Å². The zero-order valence-corrected chi connectivity index (χ0v) is 10.5. The highest BCUT2D eigenvalue weighted by Crippen LogP contribution is 2.21.